The molecule has 3 aromatic rings. The SMILES string of the molecule is CC(C)[C@@H]1Cc2c(sc3[nH]c(=S)n(Cc4ccccc4)c(=O)c23)CO1. The molecule has 1 aliphatic heterocycles. The highest BCUT2D eigenvalue weighted by molar-refractivity contribution is 7.71. The van der Waals surface area contributed by atoms with E-state index in [9.17, 15) is 4.79 Å². The normalized spacial score (nSPS) is 17.2. The van der Waals surface area contributed by atoms with Crippen LogP contribution in [0.4, 0.5) is 0 Å². The van der Waals surface area contributed by atoms with E-state index in [4.69, 9.17) is 17.0 Å². The van der Waals surface area contributed by atoms with Gasteiger partial charge in [0.1, 0.15) is 4.83 Å². The van der Waals surface area contributed by atoms with Gasteiger partial charge in [-0.15, -0.1) is 11.3 Å². The summed E-state index contributed by atoms with van der Waals surface area (Å²) in [6, 6.07) is 9.94. The molecule has 4 nitrogen and oxygen atoms in total. The summed E-state index contributed by atoms with van der Waals surface area (Å²) in [5.74, 6) is 0.428. The number of rotatable bonds is 3. The van der Waals surface area contributed by atoms with Crippen molar-refractivity contribution in [2.24, 2.45) is 5.92 Å². The summed E-state index contributed by atoms with van der Waals surface area (Å²) < 4.78 is 8.09. The van der Waals surface area contributed by atoms with Gasteiger partial charge in [-0.1, -0.05) is 44.2 Å². The highest BCUT2D eigenvalue weighted by atomic mass is 32.1. The molecule has 0 fully saturated rings. The minimum atomic E-state index is 0.00418. The first-order valence-corrected chi connectivity index (χ1v) is 9.70. The number of hydrogen-bond donors (Lipinski definition) is 1. The lowest BCUT2D eigenvalue weighted by Gasteiger charge is -2.26. The van der Waals surface area contributed by atoms with Gasteiger partial charge in [0.15, 0.2) is 4.77 Å². The van der Waals surface area contributed by atoms with Gasteiger partial charge >= 0.3 is 0 Å². The smallest absolute Gasteiger partial charge is 0.263 e. The number of nitrogens with one attached hydrogen (secondary N) is 1. The number of nitrogens with zero attached hydrogens (tertiary/aromatic N) is 1. The van der Waals surface area contributed by atoms with E-state index in [2.05, 4.69) is 18.8 Å². The second-order valence-corrected chi connectivity index (χ2v) is 8.30. The van der Waals surface area contributed by atoms with E-state index in [1.807, 2.05) is 30.3 Å². The van der Waals surface area contributed by atoms with E-state index in [0.717, 1.165) is 32.6 Å². The average molecular weight is 373 g/mol. The number of benzene rings is 1. The van der Waals surface area contributed by atoms with E-state index < -0.39 is 0 Å². The van der Waals surface area contributed by atoms with Gasteiger partial charge < -0.3 is 9.72 Å². The van der Waals surface area contributed by atoms with Crippen LogP contribution < -0.4 is 5.56 Å². The predicted molar refractivity (Wildman–Crippen MR) is 104 cm³/mol. The molecule has 0 amide bonds. The van der Waals surface area contributed by atoms with Crippen LogP contribution in [0.15, 0.2) is 35.1 Å². The van der Waals surface area contributed by atoms with Gasteiger partial charge in [0.25, 0.3) is 5.56 Å². The lowest BCUT2D eigenvalue weighted by molar-refractivity contribution is 0.00200. The van der Waals surface area contributed by atoms with Gasteiger partial charge in [-0.2, -0.15) is 0 Å². The van der Waals surface area contributed by atoms with Crippen molar-refractivity contribution in [1.29, 1.82) is 0 Å². The third-order valence-corrected chi connectivity index (χ3v) is 6.22. The maximum Gasteiger partial charge on any atom is 0.263 e. The molecular weight excluding hydrogens is 352 g/mol. The Kier molecular flexibility index (Phi) is 4.35. The number of hydrogen-bond acceptors (Lipinski definition) is 4. The number of H-pyrrole nitrogens is 1. The summed E-state index contributed by atoms with van der Waals surface area (Å²) >= 11 is 7.05. The molecule has 0 unspecified atom stereocenters. The molecule has 0 radical (unpaired) electrons. The third-order valence-electron chi connectivity index (χ3n) is 4.78. The third kappa shape index (κ3) is 2.99. The molecule has 0 saturated heterocycles. The van der Waals surface area contributed by atoms with Crippen LogP contribution in [0.3, 0.4) is 0 Å². The number of aromatic amines is 1. The van der Waals surface area contributed by atoms with E-state index >= 15 is 0 Å². The monoisotopic (exact) mass is 372 g/mol. The van der Waals surface area contributed by atoms with Crippen LogP contribution in [0.1, 0.15) is 29.9 Å². The lowest BCUT2D eigenvalue weighted by Crippen LogP contribution is -2.28. The van der Waals surface area contributed by atoms with Crippen LogP contribution in [-0.2, 0) is 24.3 Å². The average Bonchev–Trinajstić information content (AvgIpc) is 2.96. The molecule has 1 aliphatic rings. The molecule has 0 aliphatic carbocycles. The predicted octanol–water partition coefficient (Wildman–Crippen LogP) is 4.27. The highest BCUT2D eigenvalue weighted by Crippen LogP contribution is 2.34. The zero-order chi connectivity index (χ0) is 17.6. The summed E-state index contributed by atoms with van der Waals surface area (Å²) in [6.07, 6.45) is 0.952. The van der Waals surface area contributed by atoms with E-state index in [-0.39, 0.29) is 11.7 Å². The number of aromatic nitrogens is 2. The highest BCUT2D eigenvalue weighted by Gasteiger charge is 2.27. The Bertz CT molecular complexity index is 1030. The number of thiophene rings is 1. The van der Waals surface area contributed by atoms with Crippen molar-refractivity contribution in [3.63, 3.8) is 0 Å². The molecule has 1 N–H and O–H groups in total. The zero-order valence-corrected chi connectivity index (χ0v) is 15.9. The van der Waals surface area contributed by atoms with Gasteiger partial charge in [-0.3, -0.25) is 9.36 Å². The van der Waals surface area contributed by atoms with Crippen molar-refractivity contribution in [3.8, 4) is 0 Å². The van der Waals surface area contributed by atoms with Crippen molar-refractivity contribution in [2.45, 2.75) is 39.5 Å². The standard InChI is InChI=1S/C19H20N2O2S2/c1-11(2)14-8-13-15(10-23-14)25-17-16(13)18(22)21(19(24)20-17)9-12-6-4-3-5-7-12/h3-7,11,14H,8-10H2,1-2H3,(H,20,24)/t14-/m0/s1. The molecule has 6 heteroatoms. The summed E-state index contributed by atoms with van der Waals surface area (Å²) in [5.41, 5.74) is 2.21. The van der Waals surface area contributed by atoms with Crippen LogP contribution in [0, 0.1) is 10.7 Å². The van der Waals surface area contributed by atoms with Gasteiger partial charge in [0, 0.05) is 11.3 Å². The second kappa shape index (κ2) is 6.52. The molecule has 0 spiro atoms. The maximum absolute atomic E-state index is 13.2. The molecule has 1 aromatic carbocycles. The van der Waals surface area contributed by atoms with Gasteiger partial charge in [0.2, 0.25) is 0 Å². The molecule has 0 saturated carbocycles. The van der Waals surface area contributed by atoms with Crippen LogP contribution in [-0.4, -0.2) is 15.7 Å². The molecule has 1 atom stereocenters. The molecule has 4 rings (SSSR count). The minimum absolute atomic E-state index is 0.00418. The quantitative estimate of drug-likeness (QED) is 0.699. The fourth-order valence-corrected chi connectivity index (χ4v) is 4.79. The van der Waals surface area contributed by atoms with Gasteiger partial charge in [0.05, 0.1) is 24.6 Å². The van der Waals surface area contributed by atoms with Crippen LogP contribution in [0.25, 0.3) is 10.2 Å². The summed E-state index contributed by atoms with van der Waals surface area (Å²) in [4.78, 5) is 18.5. The van der Waals surface area contributed by atoms with Crippen molar-refractivity contribution in [1.82, 2.24) is 9.55 Å². The lowest BCUT2D eigenvalue weighted by atomic mass is 9.96. The Morgan fingerprint density at radius 2 is 2.12 bits per heavy atom. The first-order valence-electron chi connectivity index (χ1n) is 8.47. The minimum Gasteiger partial charge on any atom is -0.372 e. The Morgan fingerprint density at radius 3 is 2.84 bits per heavy atom. The van der Waals surface area contributed by atoms with Gasteiger partial charge in [-0.05, 0) is 29.3 Å². The summed E-state index contributed by atoms with van der Waals surface area (Å²) in [5, 5.41) is 0.790. The summed E-state index contributed by atoms with van der Waals surface area (Å²) in [7, 11) is 0. The number of ether oxygens (including phenoxy) is 1. The largest absolute Gasteiger partial charge is 0.372 e. The Morgan fingerprint density at radius 1 is 1.36 bits per heavy atom. The first kappa shape index (κ1) is 16.7. The van der Waals surface area contributed by atoms with Crippen molar-refractivity contribution in [2.75, 3.05) is 0 Å². The molecular formula is C19H20N2O2S2. The number of fused-ring (bicyclic) bond motifs is 3. The van der Waals surface area contributed by atoms with Crippen LogP contribution >= 0.6 is 23.6 Å². The molecule has 2 aromatic heterocycles. The van der Waals surface area contributed by atoms with Crippen molar-refractivity contribution < 1.29 is 4.74 Å². The van der Waals surface area contributed by atoms with Crippen molar-refractivity contribution >= 4 is 33.8 Å². The fourth-order valence-electron chi connectivity index (χ4n) is 3.33. The Balaban J connectivity index is 1.85. The van der Waals surface area contributed by atoms with E-state index in [1.54, 1.807) is 15.9 Å². The fraction of sp³-hybridized carbons (Fsp3) is 0.368. The summed E-state index contributed by atoms with van der Waals surface area (Å²) in [6.45, 7) is 5.38. The zero-order valence-electron chi connectivity index (χ0n) is 14.2. The molecule has 0 bridgehead atoms. The second-order valence-electron chi connectivity index (χ2n) is 6.81. The van der Waals surface area contributed by atoms with Crippen molar-refractivity contribution in [3.05, 3.63) is 61.5 Å². The molecule has 25 heavy (non-hydrogen) atoms. The first-order chi connectivity index (χ1) is 12.0. The van der Waals surface area contributed by atoms with Crippen LogP contribution in [0.5, 0.6) is 0 Å². The molecule has 130 valence electrons. The van der Waals surface area contributed by atoms with Gasteiger partial charge in [-0.25, -0.2) is 0 Å². The van der Waals surface area contributed by atoms with E-state index in [0.29, 0.717) is 23.8 Å². The topological polar surface area (TPSA) is 47.0 Å². The maximum atomic E-state index is 13.2. The molecule has 3 heterocycles. The Labute approximate surface area is 155 Å². The van der Waals surface area contributed by atoms with Crippen LogP contribution in [0.2, 0.25) is 0 Å². The van der Waals surface area contributed by atoms with E-state index in [1.165, 1.54) is 0 Å². The Hall–Kier alpha value is -1.76.